The van der Waals surface area contributed by atoms with E-state index >= 15 is 0 Å². The van der Waals surface area contributed by atoms with Crippen molar-refractivity contribution in [3.05, 3.63) is 11.5 Å². The molecule has 0 saturated heterocycles. The molecule has 0 saturated carbocycles. The van der Waals surface area contributed by atoms with Crippen molar-refractivity contribution in [3.8, 4) is 0 Å². The fourth-order valence-corrected chi connectivity index (χ4v) is 1.21. The van der Waals surface area contributed by atoms with E-state index in [2.05, 4.69) is 0 Å². The van der Waals surface area contributed by atoms with Gasteiger partial charge in [-0.25, -0.2) is 0 Å². The first kappa shape index (κ1) is 6.75. The number of allylic oxidation sites excluding steroid dienone is 2. The molecule has 0 fully saturated rings. The van der Waals surface area contributed by atoms with Crippen LogP contribution in [-0.4, -0.2) is 24.6 Å². The lowest BCUT2D eigenvalue weighted by atomic mass is 10.4. The van der Waals surface area contributed by atoms with E-state index in [1.165, 1.54) is 0 Å². The molecule has 2 nitrogen and oxygen atoms in total. The number of nitrogens with zero attached hydrogens (tertiary/aromatic N) is 1. The summed E-state index contributed by atoms with van der Waals surface area (Å²) in [7, 11) is 1.97. The molecule has 0 aromatic rings. The van der Waals surface area contributed by atoms with Crippen LogP contribution in [0.25, 0.3) is 0 Å². The highest BCUT2D eigenvalue weighted by molar-refractivity contribution is 6.19. The van der Waals surface area contributed by atoms with E-state index in [1.807, 2.05) is 18.9 Å². The van der Waals surface area contributed by atoms with Gasteiger partial charge in [0.25, 0.3) is 0 Å². The molecule has 0 spiro atoms. The van der Waals surface area contributed by atoms with Gasteiger partial charge in [0.15, 0.2) is 6.73 Å². The topological polar surface area (TPSA) is 12.5 Å². The average Bonchev–Trinajstić information content (AvgIpc) is 2.12. The van der Waals surface area contributed by atoms with Gasteiger partial charge >= 0.3 is 0 Å². The molecule has 0 atom stereocenters. The van der Waals surface area contributed by atoms with Crippen LogP contribution in [0.1, 0.15) is 6.92 Å². The normalized spacial score (nSPS) is 18.8. The van der Waals surface area contributed by atoms with Crippen molar-refractivity contribution < 1.29 is 4.74 Å². The zero-order valence-electron chi connectivity index (χ0n) is 5.65. The second kappa shape index (κ2) is 2.48. The average molecular weight is 148 g/mol. The molecule has 1 heterocycles. The van der Waals surface area contributed by atoms with Gasteiger partial charge in [0.1, 0.15) is 5.76 Å². The van der Waals surface area contributed by atoms with Gasteiger partial charge in [0.05, 0.1) is 11.6 Å². The zero-order chi connectivity index (χ0) is 6.85. The van der Waals surface area contributed by atoms with Crippen molar-refractivity contribution in [2.75, 3.05) is 19.7 Å². The molecular formula is C6H10ClNO. The first-order valence-corrected chi connectivity index (χ1v) is 3.39. The van der Waals surface area contributed by atoms with Crippen LogP contribution in [0.2, 0.25) is 0 Å². The van der Waals surface area contributed by atoms with Gasteiger partial charge < -0.3 is 9.64 Å². The minimum absolute atomic E-state index is 0.544. The molecule has 1 aliphatic rings. The molecule has 1 rings (SSSR count). The largest absolute Gasteiger partial charge is 0.476 e. The quantitative estimate of drug-likeness (QED) is 0.520. The maximum Gasteiger partial charge on any atom is 0.160 e. The Morgan fingerprint density at radius 3 is 2.67 bits per heavy atom. The highest BCUT2D eigenvalue weighted by Crippen LogP contribution is 2.18. The second-order valence-corrected chi connectivity index (χ2v) is 2.38. The van der Waals surface area contributed by atoms with Crippen LogP contribution in [-0.2, 0) is 4.74 Å². The molecule has 1 aliphatic heterocycles. The Morgan fingerprint density at radius 2 is 2.44 bits per heavy atom. The van der Waals surface area contributed by atoms with Gasteiger partial charge in [0, 0.05) is 7.05 Å². The van der Waals surface area contributed by atoms with E-state index in [0.717, 1.165) is 11.5 Å². The first-order valence-electron chi connectivity index (χ1n) is 2.85. The monoisotopic (exact) mass is 147 g/mol. The summed E-state index contributed by atoms with van der Waals surface area (Å²) in [6.45, 7) is 2.58. The lowest BCUT2D eigenvalue weighted by molar-refractivity contribution is 0.168. The van der Waals surface area contributed by atoms with Gasteiger partial charge in [0.2, 0.25) is 0 Å². The lowest BCUT2D eigenvalue weighted by Crippen LogP contribution is -2.14. The van der Waals surface area contributed by atoms with Crippen LogP contribution >= 0.6 is 11.6 Å². The number of hydrogen-bond acceptors (Lipinski definition) is 2. The second-order valence-electron chi connectivity index (χ2n) is 2.11. The van der Waals surface area contributed by atoms with Crippen molar-refractivity contribution in [1.29, 1.82) is 0 Å². The van der Waals surface area contributed by atoms with Crippen molar-refractivity contribution in [2.45, 2.75) is 6.92 Å². The number of alkyl halides is 1. The van der Waals surface area contributed by atoms with Crippen LogP contribution in [0.4, 0.5) is 0 Å². The molecule has 52 valence electrons. The molecule has 0 aromatic heterocycles. The van der Waals surface area contributed by atoms with Crippen LogP contribution in [0.3, 0.4) is 0 Å². The Kier molecular flexibility index (Phi) is 1.86. The van der Waals surface area contributed by atoms with Crippen LogP contribution in [0.5, 0.6) is 0 Å². The highest BCUT2D eigenvalue weighted by atomic mass is 35.5. The van der Waals surface area contributed by atoms with Crippen molar-refractivity contribution >= 4 is 11.6 Å². The summed E-state index contributed by atoms with van der Waals surface area (Å²) >= 11 is 5.62. The summed E-state index contributed by atoms with van der Waals surface area (Å²) in [5, 5.41) is 0. The van der Waals surface area contributed by atoms with Crippen LogP contribution in [0, 0.1) is 0 Å². The number of ether oxygens (including phenoxy) is 1. The molecule has 0 unspecified atom stereocenters. The molecule has 0 amide bonds. The van der Waals surface area contributed by atoms with Gasteiger partial charge in [-0.3, -0.25) is 0 Å². The number of rotatable bonds is 1. The number of hydrogen-bond donors (Lipinski definition) is 0. The smallest absolute Gasteiger partial charge is 0.160 e. The summed E-state index contributed by atoms with van der Waals surface area (Å²) in [5.74, 6) is 1.50. The van der Waals surface area contributed by atoms with E-state index in [4.69, 9.17) is 16.3 Å². The van der Waals surface area contributed by atoms with Gasteiger partial charge in [-0.15, -0.1) is 11.6 Å². The van der Waals surface area contributed by atoms with Gasteiger partial charge in [-0.05, 0) is 6.92 Å². The minimum atomic E-state index is 0.544. The maximum absolute atomic E-state index is 5.62. The Hall–Kier alpha value is -0.370. The Bertz CT molecular complexity index is 144. The third-order valence-electron chi connectivity index (χ3n) is 1.47. The predicted molar refractivity (Wildman–Crippen MR) is 37.1 cm³/mol. The Morgan fingerprint density at radius 1 is 1.78 bits per heavy atom. The van der Waals surface area contributed by atoms with E-state index in [1.54, 1.807) is 0 Å². The molecule has 9 heavy (non-hydrogen) atoms. The molecule has 0 N–H and O–H groups in total. The summed E-state index contributed by atoms with van der Waals surface area (Å²) in [4.78, 5) is 2.00. The maximum atomic E-state index is 5.62. The highest BCUT2D eigenvalue weighted by Gasteiger charge is 2.15. The van der Waals surface area contributed by atoms with Crippen molar-refractivity contribution in [1.82, 2.24) is 4.90 Å². The lowest BCUT2D eigenvalue weighted by Gasteiger charge is -2.09. The third-order valence-corrected chi connectivity index (χ3v) is 1.72. The van der Waals surface area contributed by atoms with E-state index in [-0.39, 0.29) is 0 Å². The molecule has 0 bridgehead atoms. The standard InChI is InChI=1S/C6H10ClNO/c1-5-6(3-7)8(2)4-9-5/h3-4H2,1-2H3. The van der Waals surface area contributed by atoms with Gasteiger partial charge in [-0.1, -0.05) is 0 Å². The summed E-state index contributed by atoms with van der Waals surface area (Å²) < 4.78 is 5.19. The Balaban J connectivity index is 2.69. The molecule has 0 aliphatic carbocycles. The molecular weight excluding hydrogens is 138 g/mol. The van der Waals surface area contributed by atoms with Crippen LogP contribution < -0.4 is 0 Å². The first-order chi connectivity index (χ1) is 4.25. The minimum Gasteiger partial charge on any atom is -0.476 e. The third kappa shape index (κ3) is 1.13. The van der Waals surface area contributed by atoms with Crippen molar-refractivity contribution in [3.63, 3.8) is 0 Å². The Labute approximate surface area is 60.0 Å². The molecule has 3 heteroatoms. The fourth-order valence-electron chi connectivity index (χ4n) is 0.820. The van der Waals surface area contributed by atoms with E-state index in [9.17, 15) is 0 Å². The van der Waals surface area contributed by atoms with Crippen molar-refractivity contribution in [2.24, 2.45) is 0 Å². The van der Waals surface area contributed by atoms with Crippen LogP contribution in [0.15, 0.2) is 11.5 Å². The van der Waals surface area contributed by atoms with E-state index < -0.39 is 0 Å². The summed E-state index contributed by atoms with van der Waals surface area (Å²) in [6, 6.07) is 0. The summed E-state index contributed by atoms with van der Waals surface area (Å²) in [5.41, 5.74) is 1.09. The SMILES string of the molecule is CC1=C(CCl)N(C)CO1. The molecule has 0 radical (unpaired) electrons. The van der Waals surface area contributed by atoms with E-state index in [0.29, 0.717) is 12.6 Å². The number of halogens is 1. The van der Waals surface area contributed by atoms with Gasteiger partial charge in [-0.2, -0.15) is 0 Å². The fraction of sp³-hybridized carbons (Fsp3) is 0.667. The molecule has 0 aromatic carbocycles. The summed E-state index contributed by atoms with van der Waals surface area (Å²) in [6.07, 6.45) is 0. The predicted octanol–water partition coefficient (Wildman–Crippen LogP) is 1.38. The zero-order valence-corrected chi connectivity index (χ0v) is 6.40.